The Bertz CT molecular complexity index is 834. The molecule has 0 atom stereocenters. The van der Waals surface area contributed by atoms with E-state index >= 15 is 0 Å². The number of fused-ring (bicyclic) bond motifs is 1. The maximum absolute atomic E-state index is 13.0. The molecule has 20 heavy (non-hydrogen) atoms. The van der Waals surface area contributed by atoms with Gasteiger partial charge in [0.1, 0.15) is 11.3 Å². The van der Waals surface area contributed by atoms with E-state index in [1.165, 1.54) is 21.2 Å². The smallest absolute Gasteiger partial charge is 0.276 e. The number of nitrogens with zero attached hydrogens (tertiary/aromatic N) is 3. The Morgan fingerprint density at radius 2 is 1.95 bits per heavy atom. The number of hydrogen-bond acceptors (Lipinski definition) is 3. The minimum Gasteiger partial charge on any atom is -0.392 e. The first-order chi connectivity index (χ1) is 9.61. The molecule has 0 fully saturated rings. The molecule has 0 unspecified atom stereocenters. The van der Waals surface area contributed by atoms with E-state index in [2.05, 4.69) is 5.10 Å². The molecule has 0 aliphatic heterocycles. The topological polar surface area (TPSA) is 59.5 Å². The Morgan fingerprint density at radius 3 is 2.60 bits per heavy atom. The van der Waals surface area contributed by atoms with Crippen molar-refractivity contribution in [3.63, 3.8) is 0 Å². The van der Waals surface area contributed by atoms with Gasteiger partial charge in [-0.3, -0.25) is 4.79 Å². The predicted octanol–water partition coefficient (Wildman–Crippen LogP) is 1.33. The summed E-state index contributed by atoms with van der Waals surface area (Å²) in [5.74, 6) is -0.348. The van der Waals surface area contributed by atoms with Crippen molar-refractivity contribution >= 4 is 5.52 Å². The lowest BCUT2D eigenvalue weighted by atomic mass is 10.1. The minimum atomic E-state index is -0.348. The van der Waals surface area contributed by atoms with Gasteiger partial charge < -0.3 is 9.67 Å². The monoisotopic (exact) mass is 273 g/mol. The molecule has 2 heterocycles. The zero-order valence-electron chi connectivity index (χ0n) is 10.7. The average Bonchev–Trinajstić information content (AvgIpc) is 2.83. The van der Waals surface area contributed by atoms with Crippen LogP contribution in [-0.2, 0) is 13.7 Å². The van der Waals surface area contributed by atoms with Crippen molar-refractivity contribution in [2.45, 2.75) is 6.61 Å². The summed E-state index contributed by atoms with van der Waals surface area (Å²) in [5, 5.41) is 13.9. The predicted molar refractivity (Wildman–Crippen MR) is 71.7 cm³/mol. The van der Waals surface area contributed by atoms with Gasteiger partial charge in [-0.2, -0.15) is 5.10 Å². The molecule has 0 bridgehead atoms. The van der Waals surface area contributed by atoms with Gasteiger partial charge in [0.05, 0.1) is 12.3 Å². The number of aryl methyl sites for hydroxylation is 1. The second kappa shape index (κ2) is 4.57. The molecule has 3 aromatic rings. The number of hydrogen-bond donors (Lipinski definition) is 1. The van der Waals surface area contributed by atoms with Crippen LogP contribution in [0.25, 0.3) is 16.8 Å². The maximum atomic E-state index is 13.0. The van der Waals surface area contributed by atoms with Gasteiger partial charge in [-0.25, -0.2) is 8.91 Å². The fourth-order valence-corrected chi connectivity index (χ4v) is 2.19. The van der Waals surface area contributed by atoms with E-state index in [-0.39, 0.29) is 18.0 Å². The second-order valence-corrected chi connectivity index (χ2v) is 4.50. The van der Waals surface area contributed by atoms with Crippen LogP contribution in [0.1, 0.15) is 5.56 Å². The van der Waals surface area contributed by atoms with E-state index in [1.807, 2.05) is 0 Å². The molecular weight excluding hydrogens is 261 g/mol. The summed E-state index contributed by atoms with van der Waals surface area (Å²) >= 11 is 0. The van der Waals surface area contributed by atoms with Gasteiger partial charge in [-0.1, -0.05) is 0 Å². The summed E-state index contributed by atoms with van der Waals surface area (Å²) in [4.78, 5) is 12.1. The Kier molecular flexibility index (Phi) is 2.87. The molecule has 0 saturated heterocycles. The van der Waals surface area contributed by atoms with Crippen LogP contribution >= 0.6 is 0 Å². The first-order valence-electron chi connectivity index (χ1n) is 6.05. The zero-order valence-corrected chi connectivity index (χ0v) is 10.7. The van der Waals surface area contributed by atoms with E-state index in [4.69, 9.17) is 0 Å². The van der Waals surface area contributed by atoms with Crippen molar-refractivity contribution in [1.29, 1.82) is 0 Å². The van der Waals surface area contributed by atoms with E-state index in [0.29, 0.717) is 22.3 Å². The third-order valence-corrected chi connectivity index (χ3v) is 3.24. The summed E-state index contributed by atoms with van der Waals surface area (Å²) in [5.41, 5.74) is 1.67. The lowest BCUT2D eigenvalue weighted by Gasteiger charge is -2.00. The van der Waals surface area contributed by atoms with Crippen molar-refractivity contribution in [3.8, 4) is 11.3 Å². The standard InChI is InChI=1S/C14H12FN3O2/c1-17-6-7-18-13(14(17)20)11(8-19)12(16-18)9-2-4-10(15)5-3-9/h2-7,19H,8H2,1H3. The van der Waals surface area contributed by atoms with Crippen molar-refractivity contribution in [2.24, 2.45) is 7.05 Å². The van der Waals surface area contributed by atoms with Gasteiger partial charge in [0.25, 0.3) is 5.56 Å². The van der Waals surface area contributed by atoms with Crippen LogP contribution in [-0.4, -0.2) is 19.3 Å². The molecule has 0 amide bonds. The normalized spacial score (nSPS) is 11.2. The molecule has 1 aromatic carbocycles. The molecule has 0 aliphatic carbocycles. The molecule has 0 saturated carbocycles. The van der Waals surface area contributed by atoms with Gasteiger partial charge in [-0.05, 0) is 24.3 Å². The summed E-state index contributed by atoms with van der Waals surface area (Å²) in [6, 6.07) is 5.78. The number of rotatable bonds is 2. The number of aliphatic hydroxyl groups is 1. The molecule has 3 rings (SSSR count). The summed E-state index contributed by atoms with van der Waals surface area (Å²) in [7, 11) is 1.63. The third-order valence-electron chi connectivity index (χ3n) is 3.24. The molecule has 6 heteroatoms. The highest BCUT2D eigenvalue weighted by Crippen LogP contribution is 2.24. The zero-order chi connectivity index (χ0) is 14.3. The Balaban J connectivity index is 2.34. The third kappa shape index (κ3) is 1.81. The molecule has 1 N–H and O–H groups in total. The SMILES string of the molecule is Cn1ccn2nc(-c3ccc(F)cc3)c(CO)c2c1=O. The number of halogens is 1. The highest BCUT2D eigenvalue weighted by molar-refractivity contribution is 5.72. The number of aliphatic hydroxyl groups excluding tert-OH is 1. The molecule has 0 aliphatic rings. The van der Waals surface area contributed by atoms with Crippen LogP contribution < -0.4 is 5.56 Å². The minimum absolute atomic E-state index is 0.239. The van der Waals surface area contributed by atoms with Crippen molar-refractivity contribution in [3.05, 3.63) is 58.4 Å². The van der Waals surface area contributed by atoms with Crippen molar-refractivity contribution in [2.75, 3.05) is 0 Å². The van der Waals surface area contributed by atoms with Crippen LogP contribution in [0.5, 0.6) is 0 Å². The first kappa shape index (κ1) is 12.6. The van der Waals surface area contributed by atoms with E-state index in [1.54, 1.807) is 31.6 Å². The average molecular weight is 273 g/mol. The van der Waals surface area contributed by atoms with E-state index < -0.39 is 0 Å². The molecule has 5 nitrogen and oxygen atoms in total. The summed E-state index contributed by atoms with van der Waals surface area (Å²) in [6.07, 6.45) is 3.24. The number of aromatic nitrogens is 3. The largest absolute Gasteiger partial charge is 0.392 e. The summed E-state index contributed by atoms with van der Waals surface area (Å²) < 4.78 is 15.8. The Labute approximate surface area is 113 Å². The molecule has 0 spiro atoms. The lowest BCUT2D eigenvalue weighted by Crippen LogP contribution is -2.18. The lowest BCUT2D eigenvalue weighted by molar-refractivity contribution is 0.283. The van der Waals surface area contributed by atoms with Gasteiger partial charge in [0.15, 0.2) is 0 Å². The van der Waals surface area contributed by atoms with E-state index in [0.717, 1.165) is 0 Å². The van der Waals surface area contributed by atoms with Crippen LogP contribution in [0.4, 0.5) is 4.39 Å². The molecule has 2 aromatic heterocycles. The second-order valence-electron chi connectivity index (χ2n) is 4.50. The van der Waals surface area contributed by atoms with E-state index in [9.17, 15) is 14.3 Å². The van der Waals surface area contributed by atoms with Crippen molar-refractivity contribution < 1.29 is 9.50 Å². The fraction of sp³-hybridized carbons (Fsp3) is 0.143. The van der Waals surface area contributed by atoms with Gasteiger partial charge in [0, 0.05) is 30.6 Å². The number of benzene rings is 1. The molecule has 102 valence electrons. The highest BCUT2D eigenvalue weighted by atomic mass is 19.1. The quantitative estimate of drug-likeness (QED) is 0.766. The van der Waals surface area contributed by atoms with Crippen LogP contribution in [0.15, 0.2) is 41.5 Å². The van der Waals surface area contributed by atoms with Crippen LogP contribution in [0.3, 0.4) is 0 Å². The van der Waals surface area contributed by atoms with Gasteiger partial charge in [0.2, 0.25) is 0 Å². The van der Waals surface area contributed by atoms with Crippen LogP contribution in [0, 0.1) is 5.82 Å². The fourth-order valence-electron chi connectivity index (χ4n) is 2.19. The first-order valence-corrected chi connectivity index (χ1v) is 6.05. The van der Waals surface area contributed by atoms with Gasteiger partial charge >= 0.3 is 0 Å². The Hall–Kier alpha value is -2.47. The van der Waals surface area contributed by atoms with Crippen LogP contribution in [0.2, 0.25) is 0 Å². The maximum Gasteiger partial charge on any atom is 0.276 e. The van der Waals surface area contributed by atoms with Crippen molar-refractivity contribution in [1.82, 2.24) is 14.2 Å². The Morgan fingerprint density at radius 1 is 1.25 bits per heavy atom. The molecular formula is C14H12FN3O2. The molecule has 0 radical (unpaired) electrons. The summed E-state index contributed by atoms with van der Waals surface area (Å²) in [6.45, 7) is -0.310. The van der Waals surface area contributed by atoms with Gasteiger partial charge in [-0.15, -0.1) is 0 Å². The highest BCUT2D eigenvalue weighted by Gasteiger charge is 2.16.